The Morgan fingerprint density at radius 1 is 1.24 bits per heavy atom. The summed E-state index contributed by atoms with van der Waals surface area (Å²) >= 11 is 1.57. The van der Waals surface area contributed by atoms with Gasteiger partial charge < -0.3 is 19.9 Å². The average Bonchev–Trinajstić information content (AvgIpc) is 3.58. The first-order valence-electron chi connectivity index (χ1n) is 11.9. The van der Waals surface area contributed by atoms with Crippen molar-refractivity contribution in [2.75, 3.05) is 18.0 Å². The first kappa shape index (κ1) is 24.8. The molecule has 1 unspecified atom stereocenters. The molecule has 0 saturated carbocycles. The summed E-state index contributed by atoms with van der Waals surface area (Å²) in [6.07, 6.45) is 3.65. The van der Waals surface area contributed by atoms with Gasteiger partial charge in [0.25, 0.3) is 5.91 Å². The molecule has 1 aromatic carbocycles. The fourth-order valence-corrected chi connectivity index (χ4v) is 5.66. The van der Waals surface area contributed by atoms with E-state index < -0.39 is 17.7 Å². The van der Waals surface area contributed by atoms with Gasteiger partial charge in [0.15, 0.2) is 0 Å². The van der Waals surface area contributed by atoms with Crippen LogP contribution in [-0.2, 0) is 25.4 Å². The van der Waals surface area contributed by atoms with Gasteiger partial charge in [0.2, 0.25) is 0 Å². The molecule has 2 N–H and O–H groups in total. The molecule has 11 heteroatoms. The predicted molar refractivity (Wildman–Crippen MR) is 138 cm³/mol. The van der Waals surface area contributed by atoms with Crippen LogP contribution in [0.15, 0.2) is 52.5 Å². The topological polar surface area (TPSA) is 105 Å². The number of amides is 1. The van der Waals surface area contributed by atoms with Crippen LogP contribution in [0.2, 0.25) is 0 Å². The third-order valence-corrected chi connectivity index (χ3v) is 8.03. The summed E-state index contributed by atoms with van der Waals surface area (Å²) in [6.45, 7) is 2.62. The van der Waals surface area contributed by atoms with E-state index in [0.29, 0.717) is 24.5 Å². The van der Waals surface area contributed by atoms with Gasteiger partial charge in [-0.15, -0.1) is 0 Å². The molecule has 0 radical (unpaired) electrons. The number of hydrogen-bond donors (Lipinski definition) is 2. The molecule has 1 fully saturated rings. The minimum Gasteiger partial charge on any atom is -0.481 e. The van der Waals surface area contributed by atoms with Crippen LogP contribution in [0.3, 0.4) is 0 Å². The summed E-state index contributed by atoms with van der Waals surface area (Å²) in [5.74, 6) is -1.85. The Bertz CT molecular complexity index is 1510. The van der Waals surface area contributed by atoms with E-state index in [2.05, 4.69) is 21.5 Å². The molecule has 4 aromatic rings. The van der Waals surface area contributed by atoms with Gasteiger partial charge in [-0.05, 0) is 43.7 Å². The van der Waals surface area contributed by atoms with E-state index in [1.54, 1.807) is 16.7 Å². The molecule has 1 aliphatic heterocycles. The largest absolute Gasteiger partial charge is 0.481 e. The molecule has 5 rings (SSSR count). The Labute approximate surface area is 217 Å². The quantitative estimate of drug-likeness (QED) is 0.381. The lowest BCUT2D eigenvalue weighted by molar-refractivity contribution is -0.140. The second-order valence-electron chi connectivity index (χ2n) is 9.18. The molecule has 0 bridgehead atoms. The number of anilines is 1. The van der Waals surface area contributed by atoms with Gasteiger partial charge in [0, 0.05) is 66.4 Å². The van der Waals surface area contributed by atoms with Crippen LogP contribution in [-0.4, -0.2) is 49.4 Å². The number of carboxylic acids is 1. The van der Waals surface area contributed by atoms with Crippen molar-refractivity contribution in [1.82, 2.24) is 24.6 Å². The Morgan fingerprint density at radius 2 is 2.05 bits per heavy atom. The molecule has 1 aliphatic rings. The van der Waals surface area contributed by atoms with Crippen LogP contribution >= 0.6 is 11.8 Å². The van der Waals surface area contributed by atoms with Crippen LogP contribution in [0.5, 0.6) is 0 Å². The van der Waals surface area contributed by atoms with Crippen molar-refractivity contribution in [3.63, 3.8) is 0 Å². The number of carboxylic acid groups (broad SMARTS) is 1. The predicted octanol–water partition coefficient (Wildman–Crippen LogP) is 3.75. The highest BCUT2D eigenvalue weighted by Crippen LogP contribution is 2.34. The number of nitrogens with one attached hydrogen (secondary N) is 1. The van der Waals surface area contributed by atoms with Gasteiger partial charge >= 0.3 is 5.97 Å². The van der Waals surface area contributed by atoms with E-state index in [1.807, 2.05) is 54.7 Å². The third-order valence-electron chi connectivity index (χ3n) is 6.91. The SMILES string of the molecule is Cc1c(Sc2ccc3c(cnn3C)c2)cc(C(=O)NCc2c(F)ccnc2N2CCC(C(=O)O)C2)n1C. The highest BCUT2D eigenvalue weighted by atomic mass is 32.2. The summed E-state index contributed by atoms with van der Waals surface area (Å²) in [4.78, 5) is 32.5. The standard InChI is InChI=1S/C26H27FN6O3S/c1-15-23(37-18-4-5-21-17(10-18)12-30-32(21)3)11-22(31(15)2)25(34)29-13-19-20(27)6-8-28-24(19)33-9-7-16(14-33)26(35)36/h4-6,8,10-12,16H,7,9,13-14H2,1-3H3,(H,29,34)(H,35,36). The third kappa shape index (κ3) is 4.78. The Kier molecular flexibility index (Phi) is 6.63. The zero-order chi connectivity index (χ0) is 26.3. The normalized spacial score (nSPS) is 15.5. The molecular formula is C26H27FN6O3S. The maximum atomic E-state index is 14.8. The number of aliphatic carboxylic acids is 1. The molecule has 1 amide bonds. The Balaban J connectivity index is 1.32. The summed E-state index contributed by atoms with van der Waals surface area (Å²) in [5, 5.41) is 17.5. The van der Waals surface area contributed by atoms with Crippen molar-refractivity contribution in [2.45, 2.75) is 29.7 Å². The summed E-state index contributed by atoms with van der Waals surface area (Å²) in [7, 11) is 3.73. The second-order valence-corrected chi connectivity index (χ2v) is 10.3. The van der Waals surface area contributed by atoms with Gasteiger partial charge in [-0.25, -0.2) is 9.37 Å². The number of aromatic nitrogens is 4. The molecule has 1 saturated heterocycles. The number of carbonyl (C=O) groups excluding carboxylic acids is 1. The highest BCUT2D eigenvalue weighted by Gasteiger charge is 2.30. The first-order valence-corrected chi connectivity index (χ1v) is 12.7. The van der Waals surface area contributed by atoms with E-state index in [-0.39, 0.29) is 24.6 Å². The number of nitrogens with zero attached hydrogens (tertiary/aromatic N) is 5. The number of fused-ring (bicyclic) bond motifs is 1. The van der Waals surface area contributed by atoms with Crippen LogP contribution in [0, 0.1) is 18.7 Å². The van der Waals surface area contributed by atoms with E-state index >= 15 is 0 Å². The van der Waals surface area contributed by atoms with Gasteiger partial charge in [-0.1, -0.05) is 11.8 Å². The molecule has 1 atom stereocenters. The summed E-state index contributed by atoms with van der Waals surface area (Å²) in [5.41, 5.74) is 2.68. The zero-order valence-corrected chi connectivity index (χ0v) is 21.5. The number of halogens is 1. The first-order chi connectivity index (χ1) is 17.7. The molecular weight excluding hydrogens is 495 g/mol. The molecule has 9 nitrogen and oxygen atoms in total. The van der Waals surface area contributed by atoms with E-state index in [0.717, 1.165) is 26.4 Å². The van der Waals surface area contributed by atoms with Crippen molar-refractivity contribution in [3.8, 4) is 0 Å². The number of carbonyl (C=O) groups is 2. The average molecular weight is 523 g/mol. The number of rotatable bonds is 7. The minimum absolute atomic E-state index is 0.0630. The molecule has 0 aliphatic carbocycles. The molecule has 192 valence electrons. The summed E-state index contributed by atoms with van der Waals surface area (Å²) < 4.78 is 18.4. The van der Waals surface area contributed by atoms with Crippen LogP contribution in [0.1, 0.15) is 28.2 Å². The number of pyridine rings is 1. The lowest BCUT2D eigenvalue weighted by atomic mass is 10.1. The lowest BCUT2D eigenvalue weighted by Gasteiger charge is -2.21. The van der Waals surface area contributed by atoms with Crippen molar-refractivity contribution in [2.24, 2.45) is 20.0 Å². The van der Waals surface area contributed by atoms with E-state index in [9.17, 15) is 19.1 Å². The van der Waals surface area contributed by atoms with Crippen LogP contribution < -0.4 is 10.2 Å². The maximum absolute atomic E-state index is 14.8. The second kappa shape index (κ2) is 9.89. The van der Waals surface area contributed by atoms with Crippen molar-refractivity contribution < 1.29 is 19.1 Å². The fraction of sp³-hybridized carbons (Fsp3) is 0.308. The lowest BCUT2D eigenvalue weighted by Crippen LogP contribution is -2.29. The van der Waals surface area contributed by atoms with Gasteiger partial charge in [0.1, 0.15) is 17.3 Å². The molecule has 0 spiro atoms. The van der Waals surface area contributed by atoms with Crippen molar-refractivity contribution in [3.05, 3.63) is 65.5 Å². The zero-order valence-electron chi connectivity index (χ0n) is 20.7. The smallest absolute Gasteiger partial charge is 0.308 e. The van der Waals surface area contributed by atoms with Crippen molar-refractivity contribution in [1.29, 1.82) is 0 Å². The number of aryl methyl sites for hydroxylation is 1. The van der Waals surface area contributed by atoms with Gasteiger partial charge in [0.05, 0.1) is 17.6 Å². The number of benzene rings is 1. The Morgan fingerprint density at radius 3 is 2.81 bits per heavy atom. The van der Waals surface area contributed by atoms with Crippen LogP contribution in [0.25, 0.3) is 10.9 Å². The van der Waals surface area contributed by atoms with E-state index in [4.69, 9.17) is 0 Å². The number of hydrogen-bond acceptors (Lipinski definition) is 6. The molecule has 4 heterocycles. The highest BCUT2D eigenvalue weighted by molar-refractivity contribution is 7.99. The van der Waals surface area contributed by atoms with Crippen LogP contribution in [0.4, 0.5) is 10.2 Å². The minimum atomic E-state index is -0.873. The fourth-order valence-electron chi connectivity index (χ4n) is 4.63. The molecule has 37 heavy (non-hydrogen) atoms. The summed E-state index contributed by atoms with van der Waals surface area (Å²) in [6, 6.07) is 9.20. The van der Waals surface area contributed by atoms with E-state index in [1.165, 1.54) is 12.3 Å². The monoisotopic (exact) mass is 522 g/mol. The van der Waals surface area contributed by atoms with Gasteiger partial charge in [-0.3, -0.25) is 14.3 Å². The Hall–Kier alpha value is -3.86. The maximum Gasteiger partial charge on any atom is 0.308 e. The van der Waals surface area contributed by atoms with Gasteiger partial charge in [-0.2, -0.15) is 5.10 Å². The molecule has 3 aromatic heterocycles. The van der Waals surface area contributed by atoms with Crippen molar-refractivity contribution >= 4 is 40.4 Å².